The first kappa shape index (κ1) is 16.0. The number of carbonyl (C=O) groups is 1. The van der Waals surface area contributed by atoms with Gasteiger partial charge in [-0.2, -0.15) is 0 Å². The van der Waals surface area contributed by atoms with Crippen molar-refractivity contribution in [1.82, 2.24) is 0 Å². The molecule has 0 radical (unpaired) electrons. The number of hydrogen-bond donors (Lipinski definition) is 1. The molecule has 0 fully saturated rings. The van der Waals surface area contributed by atoms with E-state index in [2.05, 4.69) is 19.2 Å². The Morgan fingerprint density at radius 2 is 1.62 bits per heavy atom. The van der Waals surface area contributed by atoms with Crippen LogP contribution in [0.5, 0.6) is 0 Å². The molecule has 4 heteroatoms. The molecule has 0 saturated heterocycles. The molecule has 0 saturated carbocycles. The average Bonchev–Trinajstić information content (AvgIpc) is 2.47. The van der Waals surface area contributed by atoms with Crippen LogP contribution in [0.3, 0.4) is 0 Å². The van der Waals surface area contributed by atoms with E-state index >= 15 is 0 Å². The monoisotopic (exact) mass is 317 g/mol. The summed E-state index contributed by atoms with van der Waals surface area (Å²) in [5.41, 5.74) is 1.59. The Morgan fingerprint density at radius 3 is 2.29 bits per heavy atom. The SMILES string of the molecule is CSc1ccccc1NC(=O)c1ccccc1SC(C)C. The third kappa shape index (κ3) is 4.29. The van der Waals surface area contributed by atoms with Crippen LogP contribution in [0.2, 0.25) is 0 Å². The number of carbonyl (C=O) groups excluding carboxylic acids is 1. The fraction of sp³-hybridized carbons (Fsp3) is 0.235. The molecule has 110 valence electrons. The molecule has 0 unspecified atom stereocenters. The van der Waals surface area contributed by atoms with Crippen LogP contribution in [0.25, 0.3) is 0 Å². The van der Waals surface area contributed by atoms with E-state index in [9.17, 15) is 4.79 Å². The minimum Gasteiger partial charge on any atom is -0.321 e. The summed E-state index contributed by atoms with van der Waals surface area (Å²) in [6, 6.07) is 15.6. The summed E-state index contributed by atoms with van der Waals surface area (Å²) in [5, 5.41) is 3.46. The fourth-order valence-corrected chi connectivity index (χ4v) is 3.45. The minimum absolute atomic E-state index is 0.0553. The fourth-order valence-electron chi connectivity index (χ4n) is 1.95. The van der Waals surface area contributed by atoms with Crippen molar-refractivity contribution in [2.24, 2.45) is 0 Å². The van der Waals surface area contributed by atoms with Crippen molar-refractivity contribution >= 4 is 35.1 Å². The van der Waals surface area contributed by atoms with Crippen molar-refractivity contribution in [1.29, 1.82) is 0 Å². The molecule has 0 atom stereocenters. The van der Waals surface area contributed by atoms with Gasteiger partial charge in [-0.25, -0.2) is 0 Å². The lowest BCUT2D eigenvalue weighted by atomic mass is 10.2. The van der Waals surface area contributed by atoms with Crippen molar-refractivity contribution < 1.29 is 4.79 Å². The maximum absolute atomic E-state index is 12.6. The van der Waals surface area contributed by atoms with E-state index in [0.29, 0.717) is 5.25 Å². The van der Waals surface area contributed by atoms with Gasteiger partial charge in [0.1, 0.15) is 0 Å². The number of para-hydroxylation sites is 1. The second-order valence-electron chi connectivity index (χ2n) is 4.82. The second-order valence-corrected chi connectivity index (χ2v) is 7.28. The number of thioether (sulfide) groups is 2. The predicted octanol–water partition coefficient (Wildman–Crippen LogP) is 5.16. The van der Waals surface area contributed by atoms with E-state index in [1.165, 1.54) is 0 Å². The molecule has 0 aliphatic rings. The van der Waals surface area contributed by atoms with Gasteiger partial charge < -0.3 is 5.32 Å². The molecule has 0 aromatic heterocycles. The standard InChI is InChI=1S/C17H19NOS2/c1-12(2)21-15-10-6-4-8-13(15)17(19)18-14-9-5-7-11-16(14)20-3/h4-12H,1-3H3,(H,18,19). The highest BCUT2D eigenvalue weighted by Gasteiger charge is 2.13. The van der Waals surface area contributed by atoms with Crippen molar-refractivity contribution in [3.05, 3.63) is 54.1 Å². The molecule has 0 heterocycles. The molecule has 0 spiro atoms. The normalized spacial score (nSPS) is 10.7. The maximum Gasteiger partial charge on any atom is 0.256 e. The van der Waals surface area contributed by atoms with Gasteiger partial charge in [0, 0.05) is 15.0 Å². The summed E-state index contributed by atoms with van der Waals surface area (Å²) in [4.78, 5) is 14.6. The smallest absolute Gasteiger partial charge is 0.256 e. The number of benzene rings is 2. The van der Waals surface area contributed by atoms with Crippen LogP contribution in [0.1, 0.15) is 24.2 Å². The van der Waals surface area contributed by atoms with Gasteiger partial charge in [-0.15, -0.1) is 23.5 Å². The Labute approximate surface area is 134 Å². The van der Waals surface area contributed by atoms with Crippen LogP contribution in [0.15, 0.2) is 58.3 Å². The average molecular weight is 317 g/mol. The molecule has 21 heavy (non-hydrogen) atoms. The third-order valence-corrected chi connectivity index (χ3v) is 4.73. The van der Waals surface area contributed by atoms with E-state index in [1.807, 2.05) is 54.8 Å². The van der Waals surface area contributed by atoms with Crippen molar-refractivity contribution in [2.45, 2.75) is 28.9 Å². The Morgan fingerprint density at radius 1 is 1.00 bits per heavy atom. The topological polar surface area (TPSA) is 29.1 Å². The first-order valence-electron chi connectivity index (χ1n) is 6.82. The van der Waals surface area contributed by atoms with E-state index in [1.54, 1.807) is 23.5 Å². The predicted molar refractivity (Wildman–Crippen MR) is 93.6 cm³/mol. The Kier molecular flexibility index (Phi) is 5.76. The summed E-state index contributed by atoms with van der Waals surface area (Å²) in [5.74, 6) is -0.0553. The lowest BCUT2D eigenvalue weighted by molar-refractivity contribution is 0.102. The summed E-state index contributed by atoms with van der Waals surface area (Å²) >= 11 is 3.34. The zero-order valence-corrected chi connectivity index (χ0v) is 14.1. The van der Waals surface area contributed by atoms with E-state index < -0.39 is 0 Å². The van der Waals surface area contributed by atoms with Gasteiger partial charge in [-0.3, -0.25) is 4.79 Å². The molecule has 2 nitrogen and oxygen atoms in total. The molecule has 0 aliphatic heterocycles. The number of rotatable bonds is 5. The first-order chi connectivity index (χ1) is 10.1. The van der Waals surface area contributed by atoms with E-state index in [0.717, 1.165) is 21.0 Å². The minimum atomic E-state index is -0.0553. The molecule has 1 N–H and O–H groups in total. The van der Waals surface area contributed by atoms with Crippen LogP contribution in [0, 0.1) is 0 Å². The summed E-state index contributed by atoms with van der Waals surface area (Å²) in [6.07, 6.45) is 2.01. The van der Waals surface area contributed by atoms with Gasteiger partial charge in [0.15, 0.2) is 0 Å². The Hall–Kier alpha value is -1.39. The number of hydrogen-bond acceptors (Lipinski definition) is 3. The number of nitrogens with one attached hydrogen (secondary N) is 1. The van der Waals surface area contributed by atoms with Gasteiger partial charge in [0.05, 0.1) is 11.3 Å². The summed E-state index contributed by atoms with van der Waals surface area (Å²) in [6.45, 7) is 4.25. The number of anilines is 1. The van der Waals surface area contributed by atoms with Gasteiger partial charge in [0.2, 0.25) is 0 Å². The first-order valence-corrected chi connectivity index (χ1v) is 8.92. The van der Waals surface area contributed by atoms with Crippen LogP contribution in [-0.4, -0.2) is 17.4 Å². The van der Waals surface area contributed by atoms with Crippen LogP contribution in [0.4, 0.5) is 5.69 Å². The number of amides is 1. The van der Waals surface area contributed by atoms with E-state index in [4.69, 9.17) is 0 Å². The highest BCUT2D eigenvalue weighted by molar-refractivity contribution is 8.00. The zero-order chi connectivity index (χ0) is 15.2. The van der Waals surface area contributed by atoms with Crippen LogP contribution < -0.4 is 5.32 Å². The largest absolute Gasteiger partial charge is 0.321 e. The quantitative estimate of drug-likeness (QED) is 0.772. The molecule has 2 aromatic rings. The molecular formula is C17H19NOS2. The Bertz CT molecular complexity index is 626. The molecule has 2 aromatic carbocycles. The van der Waals surface area contributed by atoms with Crippen molar-refractivity contribution in [2.75, 3.05) is 11.6 Å². The van der Waals surface area contributed by atoms with Crippen molar-refractivity contribution in [3.63, 3.8) is 0 Å². The van der Waals surface area contributed by atoms with Crippen LogP contribution in [-0.2, 0) is 0 Å². The second kappa shape index (κ2) is 7.57. The lowest BCUT2D eigenvalue weighted by Crippen LogP contribution is -2.13. The van der Waals surface area contributed by atoms with Gasteiger partial charge in [0.25, 0.3) is 5.91 Å². The Balaban J connectivity index is 2.24. The van der Waals surface area contributed by atoms with Gasteiger partial charge in [-0.05, 0) is 30.5 Å². The van der Waals surface area contributed by atoms with Gasteiger partial charge in [-0.1, -0.05) is 38.1 Å². The molecule has 0 aliphatic carbocycles. The highest BCUT2D eigenvalue weighted by Crippen LogP contribution is 2.29. The molecule has 1 amide bonds. The highest BCUT2D eigenvalue weighted by atomic mass is 32.2. The van der Waals surface area contributed by atoms with Gasteiger partial charge >= 0.3 is 0 Å². The third-order valence-electron chi connectivity index (χ3n) is 2.85. The lowest BCUT2D eigenvalue weighted by Gasteiger charge is -2.13. The molecule has 2 rings (SSSR count). The van der Waals surface area contributed by atoms with Crippen molar-refractivity contribution in [3.8, 4) is 0 Å². The summed E-state index contributed by atoms with van der Waals surface area (Å²) < 4.78 is 0. The maximum atomic E-state index is 12.6. The molecule has 0 bridgehead atoms. The molecular weight excluding hydrogens is 298 g/mol. The van der Waals surface area contributed by atoms with Crippen LogP contribution >= 0.6 is 23.5 Å². The zero-order valence-electron chi connectivity index (χ0n) is 12.4. The van der Waals surface area contributed by atoms with E-state index in [-0.39, 0.29) is 5.91 Å². The summed E-state index contributed by atoms with van der Waals surface area (Å²) in [7, 11) is 0.